The number of aromatic nitrogens is 2. The van der Waals surface area contributed by atoms with Crippen molar-refractivity contribution in [3.8, 4) is 11.1 Å². The predicted molar refractivity (Wildman–Crippen MR) is 130 cm³/mol. The summed E-state index contributed by atoms with van der Waals surface area (Å²) in [5.74, 6) is -1.87. The molecule has 3 N–H and O–H groups in total. The Morgan fingerprint density at radius 2 is 1.49 bits per heavy atom. The van der Waals surface area contributed by atoms with Gasteiger partial charge in [0.25, 0.3) is 5.91 Å². The number of carboxylic acids is 1. The van der Waals surface area contributed by atoms with Crippen LogP contribution in [0.15, 0.2) is 48.8 Å². The number of aliphatic carboxylic acids is 1. The number of anilines is 2. The number of carboxylic acid groups (broad SMARTS) is 1. The number of nitrogens with one attached hydrogen (secondary N) is 2. The summed E-state index contributed by atoms with van der Waals surface area (Å²) in [5.41, 5.74) is 3.60. The van der Waals surface area contributed by atoms with E-state index in [4.69, 9.17) is 9.84 Å². The molecule has 2 amide bonds. The molecule has 0 saturated heterocycles. The zero-order chi connectivity index (χ0) is 25.5. The fraction of sp³-hybridized carbons (Fsp3) is 0.280. The maximum atomic E-state index is 12.8. The number of carbonyl (C=O) groups is 4. The lowest BCUT2D eigenvalue weighted by atomic mass is 10.1. The van der Waals surface area contributed by atoms with E-state index in [0.717, 1.165) is 11.1 Å². The molecule has 0 aliphatic heterocycles. The molecule has 184 valence electrons. The third-order valence-electron chi connectivity index (χ3n) is 5.44. The molecule has 1 aromatic carbocycles. The largest absolute Gasteiger partial charge is 0.481 e. The molecule has 10 nitrogen and oxygen atoms in total. The first-order valence-electron chi connectivity index (χ1n) is 11.0. The Bertz CT molecular complexity index is 1240. The standard InChI is InChI=1S/C25H28N4O6/c1-28-14-17(12-21(28)25(34)35-3)16-8-10-18(11-9-16)27-24(33)20-13-19(15-29(20)2)26-22(30)6-4-5-7-23(31)32/h8-15H,4-7H2,1-3H3,(H,26,30)(H,27,33)(H,31,32). The average molecular weight is 481 g/mol. The van der Waals surface area contributed by atoms with Gasteiger partial charge in [-0.1, -0.05) is 12.1 Å². The zero-order valence-corrected chi connectivity index (χ0v) is 19.8. The van der Waals surface area contributed by atoms with E-state index in [1.165, 1.54) is 7.11 Å². The van der Waals surface area contributed by atoms with Gasteiger partial charge in [-0.3, -0.25) is 14.4 Å². The first kappa shape index (κ1) is 25.3. The van der Waals surface area contributed by atoms with Gasteiger partial charge in [0, 0.05) is 50.6 Å². The van der Waals surface area contributed by atoms with Crippen molar-refractivity contribution in [1.82, 2.24) is 9.13 Å². The molecule has 0 atom stereocenters. The Morgan fingerprint density at radius 3 is 2.14 bits per heavy atom. The molecular formula is C25H28N4O6. The quantitative estimate of drug-likeness (QED) is 0.300. The van der Waals surface area contributed by atoms with Crippen molar-refractivity contribution in [2.75, 3.05) is 17.7 Å². The number of aryl methyl sites for hydroxylation is 2. The molecule has 3 rings (SSSR count). The molecule has 0 aliphatic carbocycles. The monoisotopic (exact) mass is 480 g/mol. The Balaban J connectivity index is 1.60. The van der Waals surface area contributed by atoms with E-state index < -0.39 is 11.9 Å². The first-order chi connectivity index (χ1) is 16.7. The van der Waals surface area contributed by atoms with Gasteiger partial charge < -0.3 is 29.6 Å². The van der Waals surface area contributed by atoms with Crippen LogP contribution >= 0.6 is 0 Å². The van der Waals surface area contributed by atoms with Crippen molar-refractivity contribution < 1.29 is 29.0 Å². The number of methoxy groups -OCH3 is 1. The van der Waals surface area contributed by atoms with Crippen LogP contribution in [0, 0.1) is 0 Å². The Labute approximate surface area is 202 Å². The maximum Gasteiger partial charge on any atom is 0.354 e. The minimum Gasteiger partial charge on any atom is -0.481 e. The molecule has 0 aliphatic rings. The fourth-order valence-electron chi connectivity index (χ4n) is 3.61. The van der Waals surface area contributed by atoms with E-state index in [9.17, 15) is 19.2 Å². The van der Waals surface area contributed by atoms with Crippen molar-refractivity contribution in [3.63, 3.8) is 0 Å². The number of rotatable bonds is 10. The minimum atomic E-state index is -0.883. The molecule has 2 aromatic heterocycles. The van der Waals surface area contributed by atoms with Gasteiger partial charge in [-0.25, -0.2) is 4.79 Å². The highest BCUT2D eigenvalue weighted by Crippen LogP contribution is 2.24. The normalized spacial score (nSPS) is 10.6. The van der Waals surface area contributed by atoms with Gasteiger partial charge in [0.2, 0.25) is 5.91 Å². The maximum absolute atomic E-state index is 12.8. The second-order valence-corrected chi connectivity index (χ2v) is 8.12. The summed E-state index contributed by atoms with van der Waals surface area (Å²) in [7, 11) is 4.80. The van der Waals surface area contributed by atoms with Gasteiger partial charge in [0.05, 0.1) is 12.8 Å². The third-order valence-corrected chi connectivity index (χ3v) is 5.44. The van der Waals surface area contributed by atoms with E-state index in [1.54, 1.807) is 53.7 Å². The molecule has 0 fully saturated rings. The third kappa shape index (κ3) is 6.59. The number of esters is 1. The number of hydrogen-bond acceptors (Lipinski definition) is 5. The van der Waals surface area contributed by atoms with Crippen LogP contribution < -0.4 is 10.6 Å². The molecule has 0 unspecified atom stereocenters. The topological polar surface area (TPSA) is 132 Å². The number of unbranched alkanes of at least 4 members (excludes halogenated alkanes) is 1. The van der Waals surface area contributed by atoms with Crippen LogP contribution in [0.2, 0.25) is 0 Å². The zero-order valence-electron chi connectivity index (χ0n) is 19.8. The molecule has 2 heterocycles. The lowest BCUT2D eigenvalue weighted by Gasteiger charge is -2.07. The van der Waals surface area contributed by atoms with Gasteiger partial charge in [-0.05, 0) is 42.7 Å². The van der Waals surface area contributed by atoms with E-state index in [1.807, 2.05) is 18.3 Å². The lowest BCUT2D eigenvalue weighted by Crippen LogP contribution is -2.15. The molecule has 0 saturated carbocycles. The van der Waals surface area contributed by atoms with Crippen LogP contribution in [-0.4, -0.2) is 45.1 Å². The summed E-state index contributed by atoms with van der Waals surface area (Å²) < 4.78 is 8.09. The molecule has 0 spiro atoms. The number of carbonyl (C=O) groups excluding carboxylic acids is 3. The Kier molecular flexibility index (Phi) is 8.08. The second-order valence-electron chi connectivity index (χ2n) is 8.12. The summed E-state index contributed by atoms with van der Waals surface area (Å²) in [6, 6.07) is 10.5. The fourth-order valence-corrected chi connectivity index (χ4v) is 3.61. The Morgan fingerprint density at radius 1 is 0.829 bits per heavy atom. The number of nitrogens with zero attached hydrogens (tertiary/aromatic N) is 2. The number of benzene rings is 1. The average Bonchev–Trinajstić information content (AvgIpc) is 3.38. The molecule has 35 heavy (non-hydrogen) atoms. The SMILES string of the molecule is COC(=O)c1cc(-c2ccc(NC(=O)c3cc(NC(=O)CCCCC(=O)O)cn3C)cc2)cn1C. The van der Waals surface area contributed by atoms with Gasteiger partial charge in [-0.15, -0.1) is 0 Å². The summed E-state index contributed by atoms with van der Waals surface area (Å²) in [6.07, 6.45) is 4.61. The highest BCUT2D eigenvalue weighted by atomic mass is 16.5. The van der Waals surface area contributed by atoms with E-state index in [2.05, 4.69) is 10.6 Å². The van der Waals surface area contributed by atoms with E-state index >= 15 is 0 Å². The Hall–Kier alpha value is -4.34. The summed E-state index contributed by atoms with van der Waals surface area (Å²) in [4.78, 5) is 47.2. The van der Waals surface area contributed by atoms with Crippen LogP contribution in [-0.2, 0) is 28.4 Å². The van der Waals surface area contributed by atoms with Crippen LogP contribution in [0.4, 0.5) is 11.4 Å². The highest BCUT2D eigenvalue weighted by molar-refractivity contribution is 6.04. The number of ether oxygens (including phenoxy) is 1. The van der Waals surface area contributed by atoms with Crippen molar-refractivity contribution >= 4 is 35.1 Å². The van der Waals surface area contributed by atoms with E-state index in [-0.39, 0.29) is 24.7 Å². The van der Waals surface area contributed by atoms with Crippen molar-refractivity contribution in [2.24, 2.45) is 14.1 Å². The van der Waals surface area contributed by atoms with Gasteiger partial charge in [0.1, 0.15) is 11.4 Å². The highest BCUT2D eigenvalue weighted by Gasteiger charge is 2.15. The first-order valence-corrected chi connectivity index (χ1v) is 11.0. The molecule has 0 bridgehead atoms. The number of hydrogen-bond donors (Lipinski definition) is 3. The molecule has 3 aromatic rings. The smallest absolute Gasteiger partial charge is 0.354 e. The van der Waals surface area contributed by atoms with Crippen molar-refractivity contribution in [2.45, 2.75) is 25.7 Å². The van der Waals surface area contributed by atoms with Gasteiger partial charge in [-0.2, -0.15) is 0 Å². The number of amides is 2. The molecular weight excluding hydrogens is 452 g/mol. The van der Waals surface area contributed by atoms with Crippen LogP contribution in [0.5, 0.6) is 0 Å². The lowest BCUT2D eigenvalue weighted by molar-refractivity contribution is -0.137. The van der Waals surface area contributed by atoms with Gasteiger partial charge in [0.15, 0.2) is 0 Å². The predicted octanol–water partition coefficient (Wildman–Crippen LogP) is 3.65. The molecule has 10 heteroatoms. The summed E-state index contributed by atoms with van der Waals surface area (Å²) >= 11 is 0. The minimum absolute atomic E-state index is 0.0315. The summed E-state index contributed by atoms with van der Waals surface area (Å²) in [6.45, 7) is 0. The van der Waals surface area contributed by atoms with Crippen LogP contribution in [0.1, 0.15) is 46.7 Å². The molecule has 0 radical (unpaired) electrons. The van der Waals surface area contributed by atoms with Crippen molar-refractivity contribution in [3.05, 3.63) is 60.2 Å². The van der Waals surface area contributed by atoms with Crippen molar-refractivity contribution in [1.29, 1.82) is 0 Å². The van der Waals surface area contributed by atoms with E-state index in [0.29, 0.717) is 35.6 Å². The second kappa shape index (κ2) is 11.2. The van der Waals surface area contributed by atoms with Gasteiger partial charge >= 0.3 is 11.9 Å². The van der Waals surface area contributed by atoms with Crippen LogP contribution in [0.3, 0.4) is 0 Å². The summed E-state index contributed by atoms with van der Waals surface area (Å²) in [5, 5.41) is 14.2. The van der Waals surface area contributed by atoms with Crippen LogP contribution in [0.25, 0.3) is 11.1 Å².